The molecule has 2 fully saturated rings. The van der Waals surface area contributed by atoms with Gasteiger partial charge in [0, 0.05) is 49.9 Å². The zero-order chi connectivity index (χ0) is 16.4. The van der Waals surface area contributed by atoms with Crippen LogP contribution in [0.2, 0.25) is 0 Å². The van der Waals surface area contributed by atoms with Crippen molar-refractivity contribution in [2.45, 2.75) is 38.0 Å². The SMILES string of the molecule is O=C(c1csc(N2CCCCC2)n1)N1CCC[C@@H](c2ncc[nH]2)C1. The molecular formula is C17H23N5OS. The van der Waals surface area contributed by atoms with Crippen LogP contribution in [-0.4, -0.2) is 51.9 Å². The summed E-state index contributed by atoms with van der Waals surface area (Å²) >= 11 is 1.60. The minimum atomic E-state index is 0.0609. The normalized spacial score (nSPS) is 21.9. The molecule has 1 amide bonds. The minimum absolute atomic E-state index is 0.0609. The molecule has 0 unspecified atom stereocenters. The number of nitrogens with one attached hydrogen (secondary N) is 1. The van der Waals surface area contributed by atoms with Gasteiger partial charge in [0.2, 0.25) is 0 Å². The van der Waals surface area contributed by atoms with E-state index in [2.05, 4.69) is 19.9 Å². The highest BCUT2D eigenvalue weighted by Gasteiger charge is 2.28. The van der Waals surface area contributed by atoms with E-state index in [9.17, 15) is 4.79 Å². The van der Waals surface area contributed by atoms with Crippen molar-refractivity contribution in [1.82, 2.24) is 19.9 Å². The number of anilines is 1. The summed E-state index contributed by atoms with van der Waals surface area (Å²) in [4.78, 5) is 29.2. The van der Waals surface area contributed by atoms with Crippen molar-refractivity contribution in [3.05, 3.63) is 29.3 Å². The lowest BCUT2D eigenvalue weighted by Crippen LogP contribution is -2.39. The Hall–Kier alpha value is -1.89. The fourth-order valence-electron chi connectivity index (χ4n) is 3.64. The van der Waals surface area contributed by atoms with Crippen LogP contribution in [0.4, 0.5) is 5.13 Å². The number of nitrogens with zero attached hydrogens (tertiary/aromatic N) is 4. The second-order valence-electron chi connectivity index (χ2n) is 6.63. The molecule has 0 radical (unpaired) electrons. The van der Waals surface area contributed by atoms with Gasteiger partial charge in [-0.3, -0.25) is 4.79 Å². The molecular weight excluding hydrogens is 322 g/mol. The minimum Gasteiger partial charge on any atom is -0.348 e. The molecule has 2 aromatic heterocycles. The van der Waals surface area contributed by atoms with Crippen LogP contribution in [0.5, 0.6) is 0 Å². The van der Waals surface area contributed by atoms with Crippen molar-refractivity contribution in [2.24, 2.45) is 0 Å². The van der Waals surface area contributed by atoms with E-state index in [1.807, 2.05) is 16.5 Å². The van der Waals surface area contributed by atoms with Crippen LogP contribution in [-0.2, 0) is 0 Å². The molecule has 1 N–H and O–H groups in total. The highest BCUT2D eigenvalue weighted by Crippen LogP contribution is 2.28. The molecule has 2 aliphatic rings. The average Bonchev–Trinajstić information content (AvgIpc) is 3.34. The van der Waals surface area contributed by atoms with Crippen molar-refractivity contribution in [3.63, 3.8) is 0 Å². The molecule has 0 aliphatic carbocycles. The highest BCUT2D eigenvalue weighted by atomic mass is 32.1. The smallest absolute Gasteiger partial charge is 0.273 e. The van der Waals surface area contributed by atoms with Crippen molar-refractivity contribution < 1.29 is 4.79 Å². The third-order valence-corrected chi connectivity index (χ3v) is 5.85. The number of aromatic nitrogens is 3. The molecule has 4 rings (SSSR count). The van der Waals surface area contributed by atoms with Gasteiger partial charge in [0.15, 0.2) is 5.13 Å². The summed E-state index contributed by atoms with van der Waals surface area (Å²) in [5.41, 5.74) is 0.598. The molecule has 0 saturated carbocycles. The van der Waals surface area contributed by atoms with Crippen molar-refractivity contribution in [3.8, 4) is 0 Å². The van der Waals surface area contributed by atoms with Crippen molar-refractivity contribution >= 4 is 22.4 Å². The second-order valence-corrected chi connectivity index (χ2v) is 7.46. The molecule has 2 saturated heterocycles. The number of imidazole rings is 1. The maximum atomic E-state index is 12.8. The summed E-state index contributed by atoms with van der Waals surface area (Å²) in [7, 11) is 0. The Morgan fingerprint density at radius 3 is 2.88 bits per heavy atom. The molecule has 0 aromatic carbocycles. The zero-order valence-corrected chi connectivity index (χ0v) is 14.6. The summed E-state index contributed by atoms with van der Waals surface area (Å²) in [5, 5.41) is 2.92. The molecule has 128 valence electrons. The van der Waals surface area contributed by atoms with Crippen LogP contribution < -0.4 is 4.90 Å². The Morgan fingerprint density at radius 2 is 2.08 bits per heavy atom. The number of rotatable bonds is 3. The molecule has 0 spiro atoms. The zero-order valence-electron chi connectivity index (χ0n) is 13.8. The Kier molecular flexibility index (Phi) is 4.51. The summed E-state index contributed by atoms with van der Waals surface area (Å²) in [6, 6.07) is 0. The van der Waals surface area contributed by atoms with E-state index in [0.29, 0.717) is 11.6 Å². The molecule has 2 aliphatic heterocycles. The van der Waals surface area contributed by atoms with Crippen molar-refractivity contribution in [2.75, 3.05) is 31.1 Å². The van der Waals surface area contributed by atoms with E-state index < -0.39 is 0 Å². The quantitative estimate of drug-likeness (QED) is 0.929. The van der Waals surface area contributed by atoms with E-state index >= 15 is 0 Å². The fraction of sp³-hybridized carbons (Fsp3) is 0.588. The van der Waals surface area contributed by atoms with Crippen LogP contribution in [0.25, 0.3) is 0 Å². The van der Waals surface area contributed by atoms with Crippen LogP contribution in [0.3, 0.4) is 0 Å². The Labute approximate surface area is 145 Å². The second kappa shape index (κ2) is 6.93. The molecule has 4 heterocycles. The summed E-state index contributed by atoms with van der Waals surface area (Å²) < 4.78 is 0. The first-order chi connectivity index (χ1) is 11.8. The first kappa shape index (κ1) is 15.6. The number of thiazole rings is 1. The van der Waals surface area contributed by atoms with Gasteiger partial charge in [-0.05, 0) is 32.1 Å². The van der Waals surface area contributed by atoms with Gasteiger partial charge in [-0.1, -0.05) is 0 Å². The number of H-pyrrole nitrogens is 1. The fourth-order valence-corrected chi connectivity index (χ4v) is 4.49. The maximum absolute atomic E-state index is 12.8. The Balaban J connectivity index is 1.44. The lowest BCUT2D eigenvalue weighted by atomic mass is 9.97. The predicted molar refractivity (Wildman–Crippen MR) is 94.6 cm³/mol. The van der Waals surface area contributed by atoms with Gasteiger partial charge in [-0.15, -0.1) is 11.3 Å². The first-order valence-corrected chi connectivity index (χ1v) is 9.68. The number of amides is 1. The lowest BCUT2D eigenvalue weighted by Gasteiger charge is -2.31. The summed E-state index contributed by atoms with van der Waals surface area (Å²) in [6.45, 7) is 3.66. The highest BCUT2D eigenvalue weighted by molar-refractivity contribution is 7.13. The largest absolute Gasteiger partial charge is 0.348 e. The van der Waals surface area contributed by atoms with Gasteiger partial charge in [0.25, 0.3) is 5.91 Å². The van der Waals surface area contributed by atoms with Crippen LogP contribution in [0.1, 0.15) is 54.3 Å². The number of likely N-dealkylation sites (tertiary alicyclic amines) is 1. The van der Waals surface area contributed by atoms with Gasteiger partial charge in [0.05, 0.1) is 0 Å². The van der Waals surface area contributed by atoms with Gasteiger partial charge >= 0.3 is 0 Å². The van der Waals surface area contributed by atoms with Crippen molar-refractivity contribution in [1.29, 1.82) is 0 Å². The number of aromatic amines is 1. The topological polar surface area (TPSA) is 65.1 Å². The van der Waals surface area contributed by atoms with Crippen LogP contribution >= 0.6 is 11.3 Å². The predicted octanol–water partition coefficient (Wildman–Crippen LogP) is 2.88. The van der Waals surface area contributed by atoms with Gasteiger partial charge < -0.3 is 14.8 Å². The van der Waals surface area contributed by atoms with Gasteiger partial charge in [0.1, 0.15) is 11.5 Å². The summed E-state index contributed by atoms with van der Waals surface area (Å²) in [5.74, 6) is 1.35. The number of hydrogen-bond acceptors (Lipinski definition) is 5. The first-order valence-electron chi connectivity index (χ1n) is 8.80. The summed E-state index contributed by atoms with van der Waals surface area (Å²) in [6.07, 6.45) is 9.46. The Bertz CT molecular complexity index is 677. The van der Waals surface area contributed by atoms with Crippen LogP contribution in [0, 0.1) is 0 Å². The molecule has 7 heteroatoms. The monoisotopic (exact) mass is 345 g/mol. The Morgan fingerprint density at radius 1 is 1.21 bits per heavy atom. The van der Waals surface area contributed by atoms with E-state index in [1.165, 1.54) is 19.3 Å². The molecule has 1 atom stereocenters. The third kappa shape index (κ3) is 3.17. The maximum Gasteiger partial charge on any atom is 0.273 e. The molecule has 24 heavy (non-hydrogen) atoms. The van der Waals surface area contributed by atoms with E-state index in [-0.39, 0.29) is 5.91 Å². The number of carbonyl (C=O) groups excluding carboxylic acids is 1. The number of carbonyl (C=O) groups is 1. The van der Waals surface area contributed by atoms with E-state index in [1.54, 1.807) is 17.5 Å². The lowest BCUT2D eigenvalue weighted by molar-refractivity contribution is 0.0699. The molecule has 6 nitrogen and oxygen atoms in total. The van der Waals surface area contributed by atoms with Crippen LogP contribution in [0.15, 0.2) is 17.8 Å². The van der Waals surface area contributed by atoms with E-state index in [0.717, 1.165) is 50.0 Å². The standard InChI is InChI=1S/C17H23N5OS/c23-16(14-12-24-17(20-14)21-8-2-1-3-9-21)22-10-4-5-13(11-22)15-18-6-7-19-15/h6-7,12-13H,1-5,8-11H2,(H,18,19)/t13-/m1/s1. The number of piperidine rings is 2. The third-order valence-electron chi connectivity index (χ3n) is 4.95. The van der Waals surface area contributed by atoms with Gasteiger partial charge in [-0.2, -0.15) is 0 Å². The average molecular weight is 345 g/mol. The molecule has 0 bridgehead atoms. The van der Waals surface area contributed by atoms with E-state index in [4.69, 9.17) is 0 Å². The number of hydrogen-bond donors (Lipinski definition) is 1. The van der Waals surface area contributed by atoms with Gasteiger partial charge in [-0.25, -0.2) is 9.97 Å². The molecule has 2 aromatic rings.